The molecule has 2 rings (SSSR count). The molecule has 0 unspecified atom stereocenters. The Kier molecular flexibility index (Phi) is 4.20. The molecule has 0 saturated carbocycles. The number of aromatic nitrogens is 1. The van der Waals surface area contributed by atoms with Gasteiger partial charge in [0.05, 0.1) is 0 Å². The van der Waals surface area contributed by atoms with E-state index in [1.165, 1.54) is 0 Å². The molecular weight excluding hydrogens is 288 g/mol. The summed E-state index contributed by atoms with van der Waals surface area (Å²) in [4.78, 5) is 0.128. The molecule has 5 nitrogen and oxygen atoms in total. The van der Waals surface area contributed by atoms with Gasteiger partial charge in [-0.25, -0.2) is 13.1 Å². The normalized spacial score (nSPS) is 12.6. The molecule has 0 aliphatic heterocycles. The highest BCUT2D eigenvalue weighted by Crippen LogP contribution is 2.22. The first kappa shape index (κ1) is 15.7. The fraction of sp³-hybridized carbons (Fsp3) is 0.400. The SMILES string of the molecule is Cc1noc(C)c1S(=O)(=O)NC(C)(C)Cc1ccccc1. The van der Waals surface area contributed by atoms with Crippen molar-refractivity contribution in [1.29, 1.82) is 0 Å². The van der Waals surface area contributed by atoms with Crippen LogP contribution in [-0.4, -0.2) is 19.1 Å². The second-order valence-electron chi connectivity index (χ2n) is 5.81. The van der Waals surface area contributed by atoms with E-state index in [9.17, 15) is 8.42 Å². The van der Waals surface area contributed by atoms with E-state index in [4.69, 9.17) is 4.52 Å². The van der Waals surface area contributed by atoms with Crippen LogP contribution in [-0.2, 0) is 16.4 Å². The van der Waals surface area contributed by atoms with Crippen LogP contribution in [0.4, 0.5) is 0 Å². The highest BCUT2D eigenvalue weighted by atomic mass is 32.2. The summed E-state index contributed by atoms with van der Waals surface area (Å²) < 4.78 is 32.7. The molecule has 0 bridgehead atoms. The topological polar surface area (TPSA) is 72.2 Å². The van der Waals surface area contributed by atoms with E-state index in [-0.39, 0.29) is 4.90 Å². The third kappa shape index (κ3) is 3.71. The minimum Gasteiger partial charge on any atom is -0.360 e. The lowest BCUT2D eigenvalue weighted by atomic mass is 9.96. The molecule has 0 aliphatic rings. The standard InChI is InChI=1S/C15H20N2O3S/c1-11-14(12(2)20-16-11)21(18,19)17-15(3,4)10-13-8-6-5-7-9-13/h5-9,17H,10H2,1-4H3. The molecule has 0 radical (unpaired) electrons. The van der Waals surface area contributed by atoms with Crippen molar-refractivity contribution in [3.8, 4) is 0 Å². The maximum Gasteiger partial charge on any atom is 0.246 e. The molecule has 0 spiro atoms. The Labute approximate surface area is 125 Å². The van der Waals surface area contributed by atoms with Crippen LogP contribution < -0.4 is 4.72 Å². The molecule has 21 heavy (non-hydrogen) atoms. The molecule has 1 aromatic heterocycles. The largest absolute Gasteiger partial charge is 0.360 e. The van der Waals surface area contributed by atoms with Crippen molar-refractivity contribution in [3.63, 3.8) is 0 Å². The Bertz CT molecular complexity index is 699. The molecule has 1 N–H and O–H groups in total. The molecular formula is C15H20N2O3S. The first-order valence-corrected chi connectivity index (χ1v) is 8.20. The predicted molar refractivity (Wildman–Crippen MR) is 80.5 cm³/mol. The zero-order valence-corrected chi connectivity index (χ0v) is 13.5. The van der Waals surface area contributed by atoms with Crippen molar-refractivity contribution >= 4 is 10.0 Å². The lowest BCUT2D eigenvalue weighted by Gasteiger charge is -2.26. The Hall–Kier alpha value is -1.66. The van der Waals surface area contributed by atoms with E-state index in [1.807, 2.05) is 44.2 Å². The quantitative estimate of drug-likeness (QED) is 0.921. The summed E-state index contributed by atoms with van der Waals surface area (Å²) in [6.07, 6.45) is 0.594. The van der Waals surface area contributed by atoms with Gasteiger partial charge in [0, 0.05) is 5.54 Å². The van der Waals surface area contributed by atoms with Gasteiger partial charge in [0.25, 0.3) is 0 Å². The van der Waals surface area contributed by atoms with Crippen molar-refractivity contribution in [2.24, 2.45) is 0 Å². The van der Waals surface area contributed by atoms with Crippen molar-refractivity contribution in [1.82, 2.24) is 9.88 Å². The summed E-state index contributed by atoms with van der Waals surface area (Å²) in [6, 6.07) is 9.77. The summed E-state index contributed by atoms with van der Waals surface area (Å²) >= 11 is 0. The van der Waals surface area contributed by atoms with E-state index in [2.05, 4.69) is 9.88 Å². The predicted octanol–water partition coefficient (Wildman–Crippen LogP) is 2.59. The summed E-state index contributed by atoms with van der Waals surface area (Å²) in [5.41, 5.74) is 0.829. The van der Waals surface area contributed by atoms with Crippen LogP contribution in [0.5, 0.6) is 0 Å². The maximum atomic E-state index is 12.5. The van der Waals surface area contributed by atoms with Crippen molar-refractivity contribution in [2.45, 2.75) is 44.6 Å². The highest BCUT2D eigenvalue weighted by molar-refractivity contribution is 7.89. The fourth-order valence-electron chi connectivity index (χ4n) is 2.42. The van der Waals surface area contributed by atoms with Gasteiger partial charge in [-0.2, -0.15) is 0 Å². The van der Waals surface area contributed by atoms with Gasteiger partial charge >= 0.3 is 0 Å². The van der Waals surface area contributed by atoms with Gasteiger partial charge in [0.15, 0.2) is 5.76 Å². The molecule has 0 fully saturated rings. The zero-order chi connectivity index (χ0) is 15.7. The summed E-state index contributed by atoms with van der Waals surface area (Å²) in [6.45, 7) is 6.93. The summed E-state index contributed by atoms with van der Waals surface area (Å²) in [5.74, 6) is 0.301. The minimum atomic E-state index is -3.66. The Morgan fingerprint density at radius 1 is 1.19 bits per heavy atom. The molecule has 6 heteroatoms. The number of sulfonamides is 1. The number of nitrogens with zero attached hydrogens (tertiary/aromatic N) is 1. The number of hydrogen-bond donors (Lipinski definition) is 1. The third-order valence-electron chi connectivity index (χ3n) is 3.14. The molecule has 114 valence electrons. The Morgan fingerprint density at radius 2 is 1.81 bits per heavy atom. The van der Waals surface area contributed by atoms with Crippen molar-refractivity contribution in [3.05, 3.63) is 47.3 Å². The first-order valence-electron chi connectivity index (χ1n) is 6.72. The monoisotopic (exact) mass is 308 g/mol. The number of benzene rings is 1. The molecule has 0 atom stereocenters. The Balaban J connectivity index is 2.23. The highest BCUT2D eigenvalue weighted by Gasteiger charge is 2.30. The van der Waals surface area contributed by atoms with E-state index in [0.717, 1.165) is 5.56 Å². The maximum absolute atomic E-state index is 12.5. The van der Waals surface area contributed by atoms with Crippen molar-refractivity contribution in [2.75, 3.05) is 0 Å². The Morgan fingerprint density at radius 3 is 2.33 bits per heavy atom. The fourth-order valence-corrected chi connectivity index (χ4v) is 4.16. The van der Waals surface area contributed by atoms with Crippen LogP contribution in [0.25, 0.3) is 0 Å². The van der Waals surface area contributed by atoms with E-state index in [0.29, 0.717) is 17.9 Å². The van der Waals surface area contributed by atoms with Crippen LogP contribution in [0.2, 0.25) is 0 Å². The van der Waals surface area contributed by atoms with Gasteiger partial charge in [-0.1, -0.05) is 35.5 Å². The summed E-state index contributed by atoms with van der Waals surface area (Å²) in [7, 11) is -3.66. The molecule has 2 aromatic rings. The number of hydrogen-bond acceptors (Lipinski definition) is 4. The lowest BCUT2D eigenvalue weighted by Crippen LogP contribution is -2.45. The average Bonchev–Trinajstić information content (AvgIpc) is 2.68. The minimum absolute atomic E-state index is 0.128. The summed E-state index contributed by atoms with van der Waals surface area (Å²) in [5, 5.41) is 3.70. The molecule has 0 aliphatic carbocycles. The molecule has 0 saturated heterocycles. The number of rotatable bonds is 5. The van der Waals surface area contributed by atoms with Crippen LogP contribution in [0.3, 0.4) is 0 Å². The lowest BCUT2D eigenvalue weighted by molar-refractivity contribution is 0.390. The van der Waals surface area contributed by atoms with Crippen LogP contribution >= 0.6 is 0 Å². The van der Waals surface area contributed by atoms with Gasteiger partial charge in [0.1, 0.15) is 10.6 Å². The number of nitrogens with one attached hydrogen (secondary N) is 1. The number of aryl methyl sites for hydroxylation is 2. The van der Waals surface area contributed by atoms with Crippen molar-refractivity contribution < 1.29 is 12.9 Å². The zero-order valence-electron chi connectivity index (χ0n) is 12.7. The van der Waals surface area contributed by atoms with E-state index in [1.54, 1.807) is 13.8 Å². The molecule has 1 aromatic carbocycles. The van der Waals surface area contributed by atoms with Gasteiger partial charge in [-0.3, -0.25) is 0 Å². The van der Waals surface area contributed by atoms with Gasteiger partial charge in [-0.05, 0) is 39.7 Å². The first-order chi connectivity index (χ1) is 9.71. The van der Waals surface area contributed by atoms with Gasteiger partial charge in [0.2, 0.25) is 10.0 Å². The smallest absolute Gasteiger partial charge is 0.246 e. The second kappa shape index (κ2) is 5.61. The second-order valence-corrected chi connectivity index (χ2v) is 7.42. The van der Waals surface area contributed by atoms with Gasteiger partial charge < -0.3 is 4.52 Å². The van der Waals surface area contributed by atoms with Crippen LogP contribution in [0.15, 0.2) is 39.8 Å². The van der Waals surface area contributed by atoms with Gasteiger partial charge in [-0.15, -0.1) is 0 Å². The third-order valence-corrected chi connectivity index (χ3v) is 5.08. The van der Waals surface area contributed by atoms with Crippen LogP contribution in [0.1, 0.15) is 30.9 Å². The van der Waals surface area contributed by atoms with E-state index >= 15 is 0 Å². The molecule has 1 heterocycles. The van der Waals surface area contributed by atoms with E-state index < -0.39 is 15.6 Å². The molecule has 0 amide bonds. The van der Waals surface area contributed by atoms with Crippen LogP contribution in [0, 0.1) is 13.8 Å². The average molecular weight is 308 g/mol.